The molecule has 1 fully saturated rings. The predicted octanol–water partition coefficient (Wildman–Crippen LogP) is 4.87. The number of hydrogen-bond acceptors (Lipinski definition) is 4. The topological polar surface area (TPSA) is 54.5 Å². The van der Waals surface area contributed by atoms with Crippen LogP contribution in [0.1, 0.15) is 41.2 Å². The number of nitrogens with zero attached hydrogens (tertiary/aromatic N) is 2. The number of rotatable bonds is 5. The van der Waals surface area contributed by atoms with Crippen molar-refractivity contribution >= 4 is 5.91 Å². The number of likely N-dealkylation sites (tertiary alicyclic amines) is 1. The van der Waals surface area contributed by atoms with Gasteiger partial charge in [0.25, 0.3) is 11.6 Å². The molecule has 1 aromatic carbocycles. The van der Waals surface area contributed by atoms with E-state index < -0.39 is 36.5 Å². The Morgan fingerprint density at radius 3 is 2.25 bits per heavy atom. The van der Waals surface area contributed by atoms with Crippen molar-refractivity contribution in [2.45, 2.75) is 43.3 Å². The molecule has 0 bridgehead atoms. The van der Waals surface area contributed by atoms with Crippen LogP contribution in [0.3, 0.4) is 0 Å². The highest BCUT2D eigenvalue weighted by molar-refractivity contribution is 5.95. The summed E-state index contributed by atoms with van der Waals surface area (Å²) in [5.41, 5.74) is -4.74. The summed E-state index contributed by atoms with van der Waals surface area (Å²) in [7, 11) is 1.34. The first-order chi connectivity index (χ1) is 15.0. The van der Waals surface area contributed by atoms with Crippen LogP contribution < -0.4 is 10.1 Å². The van der Waals surface area contributed by atoms with Gasteiger partial charge in [0.2, 0.25) is 0 Å². The molecule has 0 spiro atoms. The van der Waals surface area contributed by atoms with Gasteiger partial charge in [-0.1, -0.05) is 12.5 Å². The fourth-order valence-corrected chi connectivity index (χ4v) is 3.93. The zero-order valence-electron chi connectivity index (χ0n) is 17.0. The van der Waals surface area contributed by atoms with Gasteiger partial charge in [0.05, 0.1) is 7.11 Å². The number of alkyl halides is 6. The molecule has 2 aromatic rings. The average molecular weight is 461 g/mol. The number of methoxy groups -OCH3 is 1. The lowest BCUT2D eigenvalue weighted by Gasteiger charge is -2.50. The third-order valence-electron chi connectivity index (χ3n) is 5.47. The van der Waals surface area contributed by atoms with E-state index in [0.29, 0.717) is 17.1 Å². The van der Waals surface area contributed by atoms with Gasteiger partial charge in [0.15, 0.2) is 0 Å². The Labute approximate surface area is 180 Å². The van der Waals surface area contributed by atoms with Crippen molar-refractivity contribution in [3.05, 3.63) is 59.9 Å². The van der Waals surface area contributed by atoms with Crippen LogP contribution in [-0.2, 0) is 0 Å². The number of hydrogen-bond donors (Lipinski definition) is 1. The van der Waals surface area contributed by atoms with Crippen LogP contribution in [0.15, 0.2) is 48.8 Å². The van der Waals surface area contributed by atoms with E-state index in [4.69, 9.17) is 4.74 Å². The molecule has 3 rings (SSSR count). The Morgan fingerprint density at radius 2 is 1.72 bits per heavy atom. The molecular weight excluding hydrogens is 440 g/mol. The minimum absolute atomic E-state index is 0.0536. The van der Waals surface area contributed by atoms with Crippen LogP contribution in [0.25, 0.3) is 0 Å². The Hall–Kier alpha value is -2.82. The summed E-state index contributed by atoms with van der Waals surface area (Å²) in [4.78, 5) is 16.8. The van der Waals surface area contributed by atoms with Crippen LogP contribution >= 0.6 is 0 Å². The Kier molecular flexibility index (Phi) is 6.68. The average Bonchev–Trinajstić information content (AvgIpc) is 2.76. The van der Waals surface area contributed by atoms with Gasteiger partial charge in [-0.05, 0) is 48.7 Å². The number of halogens is 6. The van der Waals surface area contributed by atoms with Crippen LogP contribution in [0.2, 0.25) is 0 Å². The van der Waals surface area contributed by atoms with Gasteiger partial charge in [0, 0.05) is 30.5 Å². The maximum absolute atomic E-state index is 14.3. The second kappa shape index (κ2) is 8.97. The van der Waals surface area contributed by atoms with Gasteiger partial charge >= 0.3 is 12.4 Å². The zero-order chi connectivity index (χ0) is 23.6. The highest BCUT2D eigenvalue weighted by atomic mass is 19.4. The Balaban J connectivity index is 2.10. The summed E-state index contributed by atoms with van der Waals surface area (Å²) >= 11 is 0. The van der Waals surface area contributed by atoms with E-state index in [1.807, 2.05) is 0 Å². The van der Waals surface area contributed by atoms with Gasteiger partial charge in [0.1, 0.15) is 5.75 Å². The SMILES string of the molecule is COc1ccc(C(=O)NC(N2CCCCC2c2cccnc2)(C(F)(F)F)C(F)(F)F)cc1. The van der Waals surface area contributed by atoms with Crippen molar-refractivity contribution in [3.8, 4) is 5.75 Å². The van der Waals surface area contributed by atoms with Crippen LogP contribution in [0.5, 0.6) is 5.75 Å². The number of benzene rings is 1. The standard InChI is InChI=1S/C21H21F6N3O2/c1-32-16-9-7-14(8-10-16)18(31)29-19(20(22,23)24,21(25,26)27)30-12-3-2-6-17(30)15-5-4-11-28-13-15/h4-5,7-11,13,17H,2-3,6,12H2,1H3,(H,29,31). The number of ether oxygens (including phenoxy) is 1. The fraction of sp³-hybridized carbons (Fsp3) is 0.429. The van der Waals surface area contributed by atoms with Gasteiger partial charge in [-0.3, -0.25) is 14.7 Å². The largest absolute Gasteiger partial charge is 0.497 e. The summed E-state index contributed by atoms with van der Waals surface area (Å²) in [5, 5.41) is 1.31. The van der Waals surface area contributed by atoms with E-state index in [1.54, 1.807) is 0 Å². The van der Waals surface area contributed by atoms with Gasteiger partial charge in [-0.25, -0.2) is 0 Å². The van der Waals surface area contributed by atoms with Crippen molar-refractivity contribution in [2.24, 2.45) is 0 Å². The van der Waals surface area contributed by atoms with Crippen molar-refractivity contribution in [3.63, 3.8) is 0 Å². The van der Waals surface area contributed by atoms with Gasteiger partial charge in [-0.15, -0.1) is 0 Å². The molecule has 1 saturated heterocycles. The quantitative estimate of drug-likeness (QED) is 0.646. The second-order valence-corrected chi connectivity index (χ2v) is 7.38. The zero-order valence-corrected chi connectivity index (χ0v) is 17.0. The first-order valence-corrected chi connectivity index (χ1v) is 9.78. The molecule has 11 heteroatoms. The van der Waals surface area contributed by atoms with Crippen molar-refractivity contribution < 1.29 is 35.9 Å². The lowest BCUT2D eigenvalue weighted by Crippen LogP contribution is -2.77. The molecule has 0 saturated carbocycles. The number of nitrogens with one attached hydrogen (secondary N) is 1. The molecule has 0 radical (unpaired) electrons. The molecule has 1 amide bonds. The molecule has 2 heterocycles. The fourth-order valence-electron chi connectivity index (χ4n) is 3.93. The van der Waals surface area contributed by atoms with E-state index in [-0.39, 0.29) is 24.0 Å². The van der Waals surface area contributed by atoms with Crippen molar-refractivity contribution in [2.75, 3.05) is 13.7 Å². The van der Waals surface area contributed by atoms with Crippen LogP contribution in [0, 0.1) is 0 Å². The maximum atomic E-state index is 14.3. The Morgan fingerprint density at radius 1 is 1.06 bits per heavy atom. The van der Waals surface area contributed by atoms with Crippen LogP contribution in [-0.4, -0.2) is 47.5 Å². The van der Waals surface area contributed by atoms with E-state index in [9.17, 15) is 31.1 Å². The molecule has 1 atom stereocenters. The summed E-state index contributed by atoms with van der Waals surface area (Å²) < 4.78 is 90.9. The lowest BCUT2D eigenvalue weighted by atomic mass is 9.91. The molecule has 1 aliphatic heterocycles. The third-order valence-corrected chi connectivity index (χ3v) is 5.47. The summed E-state index contributed by atoms with van der Waals surface area (Å²) in [6, 6.07) is 6.38. The molecule has 1 N–H and O–H groups in total. The summed E-state index contributed by atoms with van der Waals surface area (Å²) in [6.07, 6.45) is -8.49. The molecule has 1 aromatic heterocycles. The number of amides is 1. The van der Waals surface area contributed by atoms with E-state index >= 15 is 0 Å². The molecular formula is C21H21F6N3O2. The number of pyridine rings is 1. The van der Waals surface area contributed by atoms with Crippen molar-refractivity contribution in [1.29, 1.82) is 0 Å². The van der Waals surface area contributed by atoms with Crippen LogP contribution in [0.4, 0.5) is 26.3 Å². The molecule has 0 aliphatic carbocycles. The predicted molar refractivity (Wildman–Crippen MR) is 103 cm³/mol. The minimum atomic E-state index is -5.86. The number of aromatic nitrogens is 1. The van der Waals surface area contributed by atoms with E-state index in [1.165, 1.54) is 49.1 Å². The number of carbonyl (C=O) groups is 1. The molecule has 1 unspecified atom stereocenters. The monoisotopic (exact) mass is 461 g/mol. The normalized spacial score (nSPS) is 18.3. The third kappa shape index (κ3) is 4.38. The van der Waals surface area contributed by atoms with Gasteiger partial charge in [-0.2, -0.15) is 26.3 Å². The smallest absolute Gasteiger partial charge is 0.434 e. The number of carbonyl (C=O) groups excluding carboxylic acids is 1. The highest BCUT2D eigenvalue weighted by Gasteiger charge is 2.76. The summed E-state index contributed by atoms with van der Waals surface area (Å²) in [5.74, 6) is -1.20. The molecule has 1 aliphatic rings. The second-order valence-electron chi connectivity index (χ2n) is 7.38. The number of piperidine rings is 1. The summed E-state index contributed by atoms with van der Waals surface area (Å²) in [6.45, 7) is -0.512. The minimum Gasteiger partial charge on any atom is -0.497 e. The van der Waals surface area contributed by atoms with Gasteiger partial charge < -0.3 is 10.1 Å². The molecule has 5 nitrogen and oxygen atoms in total. The van der Waals surface area contributed by atoms with E-state index in [2.05, 4.69) is 4.98 Å². The van der Waals surface area contributed by atoms with E-state index in [0.717, 1.165) is 12.1 Å². The Bertz CT molecular complexity index is 902. The lowest BCUT2D eigenvalue weighted by molar-refractivity contribution is -0.356. The molecule has 174 valence electrons. The van der Waals surface area contributed by atoms with Crippen molar-refractivity contribution in [1.82, 2.24) is 15.2 Å². The molecule has 32 heavy (non-hydrogen) atoms. The first-order valence-electron chi connectivity index (χ1n) is 9.78. The first kappa shape index (κ1) is 23.8. The maximum Gasteiger partial charge on any atom is 0.434 e. The highest BCUT2D eigenvalue weighted by Crippen LogP contribution is 2.50.